The molecule has 0 spiro atoms. The molecule has 0 saturated carbocycles. The van der Waals surface area contributed by atoms with E-state index in [9.17, 15) is 0 Å². The summed E-state index contributed by atoms with van der Waals surface area (Å²) >= 11 is 0. The highest BCUT2D eigenvalue weighted by Gasteiger charge is 2.12. The highest BCUT2D eigenvalue weighted by atomic mass is 15.3. The van der Waals surface area contributed by atoms with Crippen molar-refractivity contribution in [1.82, 2.24) is 15.4 Å². The summed E-state index contributed by atoms with van der Waals surface area (Å²) in [6, 6.07) is 29.0. The van der Waals surface area contributed by atoms with Crippen LogP contribution in [-0.4, -0.2) is 15.4 Å². The highest BCUT2D eigenvalue weighted by Crippen LogP contribution is 2.36. The first-order valence-electron chi connectivity index (χ1n) is 7.82. The van der Waals surface area contributed by atoms with Crippen molar-refractivity contribution in [3.63, 3.8) is 0 Å². The molecule has 1 aromatic heterocycles. The molecule has 0 radical (unpaired) electrons. The minimum Gasteiger partial charge on any atom is -0.139 e. The maximum atomic E-state index is 4.18. The molecule has 3 aromatic carbocycles. The number of nitrogens with zero attached hydrogens (tertiary/aromatic N) is 3. The van der Waals surface area contributed by atoms with Crippen molar-refractivity contribution in [2.24, 2.45) is 0 Å². The van der Waals surface area contributed by atoms with Gasteiger partial charge in [0.1, 0.15) is 0 Å². The van der Waals surface area contributed by atoms with Gasteiger partial charge in [0.2, 0.25) is 0 Å². The zero-order valence-corrected chi connectivity index (χ0v) is 13.0. The Morgan fingerprint density at radius 2 is 1.08 bits per heavy atom. The third-order valence-corrected chi connectivity index (χ3v) is 4.01. The van der Waals surface area contributed by atoms with Gasteiger partial charge < -0.3 is 0 Å². The fourth-order valence-corrected chi connectivity index (χ4v) is 2.91. The average Bonchev–Trinajstić information content (AvgIpc) is 2.69. The van der Waals surface area contributed by atoms with E-state index in [1.54, 1.807) is 6.20 Å². The summed E-state index contributed by atoms with van der Waals surface area (Å²) in [5, 5.41) is 11.7. The first-order valence-corrected chi connectivity index (χ1v) is 7.82. The third-order valence-electron chi connectivity index (χ3n) is 4.01. The van der Waals surface area contributed by atoms with Gasteiger partial charge in [0.25, 0.3) is 0 Å². The standard InChI is InChI=1S/C21H15N3/c1-2-8-16(9-3-1)17-10-4-5-11-18(17)19-12-6-7-13-20(19)21-14-15-22-24-23-21/h1-15H. The lowest BCUT2D eigenvalue weighted by molar-refractivity contribution is 0.871. The lowest BCUT2D eigenvalue weighted by atomic mass is 9.91. The van der Waals surface area contributed by atoms with E-state index in [4.69, 9.17) is 0 Å². The Bertz CT molecular complexity index is 870. The molecule has 0 saturated heterocycles. The minimum atomic E-state index is 0.823. The number of hydrogen-bond acceptors (Lipinski definition) is 3. The summed E-state index contributed by atoms with van der Waals surface area (Å²) in [5.74, 6) is 0. The van der Waals surface area contributed by atoms with Crippen molar-refractivity contribution in [1.29, 1.82) is 0 Å². The summed E-state index contributed by atoms with van der Waals surface area (Å²) in [7, 11) is 0. The molecule has 3 heteroatoms. The van der Waals surface area contributed by atoms with Crippen molar-refractivity contribution in [3.05, 3.63) is 91.1 Å². The number of hydrogen-bond donors (Lipinski definition) is 0. The lowest BCUT2D eigenvalue weighted by Gasteiger charge is -2.13. The molecule has 3 nitrogen and oxygen atoms in total. The summed E-state index contributed by atoms with van der Waals surface area (Å²) in [5.41, 5.74) is 6.59. The Labute approximate surface area is 140 Å². The highest BCUT2D eigenvalue weighted by molar-refractivity contribution is 5.90. The van der Waals surface area contributed by atoms with Gasteiger partial charge in [0.15, 0.2) is 0 Å². The Balaban J connectivity index is 1.93. The quantitative estimate of drug-likeness (QED) is 0.542. The van der Waals surface area contributed by atoms with E-state index in [0.29, 0.717) is 0 Å². The molecule has 0 aliphatic heterocycles. The summed E-state index contributed by atoms with van der Waals surface area (Å²) in [6.45, 7) is 0. The maximum Gasteiger partial charge on any atom is 0.0969 e. The Kier molecular flexibility index (Phi) is 3.82. The normalized spacial score (nSPS) is 10.5. The molecule has 0 atom stereocenters. The monoisotopic (exact) mass is 309 g/mol. The van der Waals surface area contributed by atoms with Crippen molar-refractivity contribution < 1.29 is 0 Å². The van der Waals surface area contributed by atoms with Crippen LogP contribution in [0.2, 0.25) is 0 Å². The first kappa shape index (κ1) is 14.3. The van der Waals surface area contributed by atoms with Crippen LogP contribution < -0.4 is 0 Å². The van der Waals surface area contributed by atoms with E-state index in [0.717, 1.165) is 16.8 Å². The number of rotatable bonds is 3. The predicted molar refractivity (Wildman–Crippen MR) is 96.1 cm³/mol. The van der Waals surface area contributed by atoms with Crippen LogP contribution in [0.1, 0.15) is 0 Å². The zero-order chi connectivity index (χ0) is 16.2. The lowest BCUT2D eigenvalue weighted by Crippen LogP contribution is -1.93. The molecule has 24 heavy (non-hydrogen) atoms. The van der Waals surface area contributed by atoms with Gasteiger partial charge in [-0.2, -0.15) is 0 Å². The molecule has 0 aliphatic carbocycles. The largest absolute Gasteiger partial charge is 0.139 e. The van der Waals surface area contributed by atoms with Crippen LogP contribution in [0.15, 0.2) is 91.1 Å². The Morgan fingerprint density at radius 1 is 0.500 bits per heavy atom. The van der Waals surface area contributed by atoms with Crippen LogP contribution >= 0.6 is 0 Å². The molecule has 4 rings (SSSR count). The predicted octanol–water partition coefficient (Wildman–Crippen LogP) is 4.87. The van der Waals surface area contributed by atoms with Crippen LogP contribution in [0.25, 0.3) is 33.5 Å². The molecule has 0 amide bonds. The van der Waals surface area contributed by atoms with Crippen LogP contribution in [-0.2, 0) is 0 Å². The van der Waals surface area contributed by atoms with Crippen LogP contribution in [0.5, 0.6) is 0 Å². The van der Waals surface area contributed by atoms with Crippen molar-refractivity contribution in [3.8, 4) is 33.5 Å². The molecule has 0 fully saturated rings. The van der Waals surface area contributed by atoms with E-state index in [2.05, 4.69) is 82.1 Å². The third kappa shape index (κ3) is 2.68. The maximum absolute atomic E-state index is 4.18. The SMILES string of the molecule is c1ccc(-c2ccccc2-c2ccccc2-c2ccnnn2)cc1. The van der Waals surface area contributed by atoms with Crippen molar-refractivity contribution >= 4 is 0 Å². The molecule has 0 unspecified atom stereocenters. The molecular formula is C21H15N3. The topological polar surface area (TPSA) is 38.7 Å². The van der Waals surface area contributed by atoms with Crippen molar-refractivity contribution in [2.75, 3.05) is 0 Å². The second-order valence-corrected chi connectivity index (χ2v) is 5.46. The van der Waals surface area contributed by atoms with Crippen LogP contribution in [0.4, 0.5) is 0 Å². The van der Waals surface area contributed by atoms with Gasteiger partial charge in [-0.3, -0.25) is 0 Å². The summed E-state index contributed by atoms with van der Waals surface area (Å²) in [4.78, 5) is 0. The number of aromatic nitrogens is 3. The number of benzene rings is 3. The van der Waals surface area contributed by atoms with E-state index in [-0.39, 0.29) is 0 Å². The minimum absolute atomic E-state index is 0.823. The van der Waals surface area contributed by atoms with Gasteiger partial charge in [-0.05, 0) is 33.5 Å². The van der Waals surface area contributed by atoms with Crippen LogP contribution in [0, 0.1) is 0 Å². The van der Waals surface area contributed by atoms with Gasteiger partial charge in [-0.15, -0.1) is 10.2 Å². The van der Waals surface area contributed by atoms with E-state index < -0.39 is 0 Å². The van der Waals surface area contributed by atoms with E-state index >= 15 is 0 Å². The zero-order valence-electron chi connectivity index (χ0n) is 13.0. The molecule has 114 valence electrons. The second-order valence-electron chi connectivity index (χ2n) is 5.46. The molecule has 4 aromatic rings. The van der Waals surface area contributed by atoms with E-state index in [1.165, 1.54) is 16.7 Å². The summed E-state index contributed by atoms with van der Waals surface area (Å²) < 4.78 is 0. The smallest absolute Gasteiger partial charge is 0.0969 e. The average molecular weight is 309 g/mol. The van der Waals surface area contributed by atoms with Crippen LogP contribution in [0.3, 0.4) is 0 Å². The van der Waals surface area contributed by atoms with Gasteiger partial charge in [-0.1, -0.05) is 78.9 Å². The van der Waals surface area contributed by atoms with Gasteiger partial charge in [0.05, 0.1) is 11.9 Å². The first-order chi connectivity index (χ1) is 11.9. The van der Waals surface area contributed by atoms with Gasteiger partial charge >= 0.3 is 0 Å². The molecular weight excluding hydrogens is 294 g/mol. The fourth-order valence-electron chi connectivity index (χ4n) is 2.91. The second kappa shape index (κ2) is 6.42. The van der Waals surface area contributed by atoms with Crippen molar-refractivity contribution in [2.45, 2.75) is 0 Å². The fraction of sp³-hybridized carbons (Fsp3) is 0. The van der Waals surface area contributed by atoms with Gasteiger partial charge in [-0.25, -0.2) is 0 Å². The Morgan fingerprint density at radius 3 is 1.75 bits per heavy atom. The van der Waals surface area contributed by atoms with Gasteiger partial charge in [0, 0.05) is 5.56 Å². The molecule has 0 bridgehead atoms. The summed E-state index contributed by atoms with van der Waals surface area (Å²) in [6.07, 6.45) is 1.67. The van der Waals surface area contributed by atoms with E-state index in [1.807, 2.05) is 18.2 Å². The molecule has 1 heterocycles. The Hall–Kier alpha value is -3.33. The molecule has 0 N–H and O–H groups in total. The molecule has 0 aliphatic rings.